The van der Waals surface area contributed by atoms with Gasteiger partial charge in [-0.3, -0.25) is 9.48 Å². The lowest BCUT2D eigenvalue weighted by molar-refractivity contribution is -0.119. The molecular formula is C22H19N5O3. The number of hydrogen-bond donors (Lipinski definition) is 1. The standard InChI is InChI=1S/C22H19N5O3/c1-26-14-17(13-23-26)22(29)30-15-21(28)24-20-12-19(16-8-4-2-5-9-16)25-27(20)18-10-6-3-7-11-18/h2-14H,15H2,1H3,(H,24,28). The molecule has 0 aliphatic heterocycles. The number of aromatic nitrogens is 4. The Morgan fingerprint density at radius 3 is 2.40 bits per heavy atom. The van der Waals surface area contributed by atoms with Crippen LogP contribution >= 0.6 is 0 Å². The molecule has 0 unspecified atom stereocenters. The third kappa shape index (κ3) is 4.27. The van der Waals surface area contributed by atoms with Gasteiger partial charge in [0.15, 0.2) is 6.61 Å². The third-order valence-electron chi connectivity index (χ3n) is 4.32. The summed E-state index contributed by atoms with van der Waals surface area (Å²) in [5.41, 5.74) is 2.71. The number of carbonyl (C=O) groups excluding carboxylic acids is 2. The number of para-hydroxylation sites is 1. The topological polar surface area (TPSA) is 91.0 Å². The molecule has 2 heterocycles. The van der Waals surface area contributed by atoms with Crippen molar-refractivity contribution in [2.75, 3.05) is 11.9 Å². The zero-order valence-electron chi connectivity index (χ0n) is 16.2. The lowest BCUT2D eigenvalue weighted by atomic mass is 10.2. The Kier molecular flexibility index (Phi) is 5.38. The SMILES string of the molecule is Cn1cc(C(=O)OCC(=O)Nc2cc(-c3ccccc3)nn2-c2ccccc2)cn1. The normalized spacial score (nSPS) is 10.6. The number of aryl methyl sites for hydroxylation is 1. The largest absolute Gasteiger partial charge is 0.452 e. The highest BCUT2D eigenvalue weighted by atomic mass is 16.5. The van der Waals surface area contributed by atoms with Gasteiger partial charge in [0.05, 0.1) is 23.1 Å². The van der Waals surface area contributed by atoms with Crippen molar-refractivity contribution in [2.45, 2.75) is 0 Å². The molecule has 30 heavy (non-hydrogen) atoms. The van der Waals surface area contributed by atoms with Gasteiger partial charge in [0.1, 0.15) is 5.82 Å². The van der Waals surface area contributed by atoms with E-state index in [0.29, 0.717) is 11.5 Å². The molecule has 0 fully saturated rings. The lowest BCUT2D eigenvalue weighted by Crippen LogP contribution is -2.22. The van der Waals surface area contributed by atoms with Crippen LogP contribution in [-0.4, -0.2) is 38.0 Å². The van der Waals surface area contributed by atoms with Crippen molar-refractivity contribution in [2.24, 2.45) is 7.05 Å². The molecule has 0 saturated heterocycles. The smallest absolute Gasteiger partial charge is 0.341 e. The summed E-state index contributed by atoms with van der Waals surface area (Å²) < 4.78 is 8.21. The van der Waals surface area contributed by atoms with Crippen LogP contribution in [0.15, 0.2) is 79.1 Å². The molecule has 1 N–H and O–H groups in total. The van der Waals surface area contributed by atoms with Crippen molar-refractivity contribution in [3.63, 3.8) is 0 Å². The van der Waals surface area contributed by atoms with Crippen molar-refractivity contribution < 1.29 is 14.3 Å². The predicted molar refractivity (Wildman–Crippen MR) is 111 cm³/mol. The number of nitrogens with one attached hydrogen (secondary N) is 1. The minimum Gasteiger partial charge on any atom is -0.452 e. The third-order valence-corrected chi connectivity index (χ3v) is 4.32. The zero-order chi connectivity index (χ0) is 20.9. The van der Waals surface area contributed by atoms with Gasteiger partial charge in [0.2, 0.25) is 0 Å². The Hall–Kier alpha value is -4.20. The van der Waals surface area contributed by atoms with Gasteiger partial charge in [0, 0.05) is 24.9 Å². The first-order valence-electron chi connectivity index (χ1n) is 9.27. The fourth-order valence-electron chi connectivity index (χ4n) is 2.91. The first-order chi connectivity index (χ1) is 14.6. The summed E-state index contributed by atoms with van der Waals surface area (Å²) >= 11 is 0. The average molecular weight is 401 g/mol. The Bertz CT molecular complexity index is 1170. The van der Waals surface area contributed by atoms with Crippen LogP contribution < -0.4 is 5.32 Å². The summed E-state index contributed by atoms with van der Waals surface area (Å²) in [7, 11) is 1.69. The van der Waals surface area contributed by atoms with Crippen LogP contribution in [0.4, 0.5) is 5.82 Å². The second kappa shape index (κ2) is 8.44. The molecule has 0 spiro atoms. The maximum absolute atomic E-state index is 12.4. The number of anilines is 1. The Morgan fingerprint density at radius 2 is 1.73 bits per heavy atom. The second-order valence-corrected chi connectivity index (χ2v) is 6.56. The molecular weight excluding hydrogens is 382 g/mol. The Labute approximate surface area is 172 Å². The minimum absolute atomic E-state index is 0.283. The van der Waals surface area contributed by atoms with Gasteiger partial charge in [-0.05, 0) is 12.1 Å². The molecule has 1 amide bonds. The van der Waals surface area contributed by atoms with E-state index < -0.39 is 18.5 Å². The van der Waals surface area contributed by atoms with Gasteiger partial charge in [0.25, 0.3) is 5.91 Å². The van der Waals surface area contributed by atoms with Crippen LogP contribution in [0.5, 0.6) is 0 Å². The molecule has 150 valence electrons. The maximum atomic E-state index is 12.4. The fourth-order valence-corrected chi connectivity index (χ4v) is 2.91. The van der Waals surface area contributed by atoms with Crippen LogP contribution in [-0.2, 0) is 16.6 Å². The quantitative estimate of drug-likeness (QED) is 0.502. The van der Waals surface area contributed by atoms with E-state index in [4.69, 9.17) is 4.74 Å². The summed E-state index contributed by atoms with van der Waals surface area (Å²) in [6, 6.07) is 20.9. The predicted octanol–water partition coefficient (Wildman–Crippen LogP) is 3.07. The van der Waals surface area contributed by atoms with E-state index in [0.717, 1.165) is 11.3 Å². The number of esters is 1. The van der Waals surface area contributed by atoms with E-state index in [9.17, 15) is 9.59 Å². The summed E-state index contributed by atoms with van der Waals surface area (Å²) in [5.74, 6) is -0.605. The molecule has 2 aromatic heterocycles. The number of rotatable bonds is 6. The van der Waals surface area contributed by atoms with Crippen molar-refractivity contribution in [3.8, 4) is 16.9 Å². The summed E-state index contributed by atoms with van der Waals surface area (Å²) in [6.07, 6.45) is 2.91. The molecule has 0 saturated carbocycles. The van der Waals surface area contributed by atoms with E-state index in [-0.39, 0.29) is 5.56 Å². The van der Waals surface area contributed by atoms with Gasteiger partial charge in [-0.2, -0.15) is 10.2 Å². The number of nitrogens with zero attached hydrogens (tertiary/aromatic N) is 4. The molecule has 0 aliphatic carbocycles. The molecule has 4 aromatic rings. The molecule has 8 heteroatoms. The number of carbonyl (C=O) groups is 2. The van der Waals surface area contributed by atoms with Crippen LogP contribution in [0.3, 0.4) is 0 Å². The monoisotopic (exact) mass is 401 g/mol. The average Bonchev–Trinajstić information content (AvgIpc) is 3.40. The van der Waals surface area contributed by atoms with Crippen molar-refractivity contribution in [1.29, 1.82) is 0 Å². The zero-order valence-corrected chi connectivity index (χ0v) is 16.2. The Morgan fingerprint density at radius 1 is 1.03 bits per heavy atom. The summed E-state index contributed by atoms with van der Waals surface area (Å²) in [4.78, 5) is 24.5. The first-order valence-corrected chi connectivity index (χ1v) is 9.27. The van der Waals surface area contributed by atoms with Crippen molar-refractivity contribution >= 4 is 17.7 Å². The molecule has 0 atom stereocenters. The van der Waals surface area contributed by atoms with Gasteiger partial charge in [-0.15, -0.1) is 0 Å². The van der Waals surface area contributed by atoms with Crippen LogP contribution in [0.1, 0.15) is 10.4 Å². The van der Waals surface area contributed by atoms with E-state index >= 15 is 0 Å². The van der Waals surface area contributed by atoms with Crippen LogP contribution in [0.2, 0.25) is 0 Å². The van der Waals surface area contributed by atoms with Gasteiger partial charge < -0.3 is 10.1 Å². The second-order valence-electron chi connectivity index (χ2n) is 6.56. The lowest BCUT2D eigenvalue weighted by Gasteiger charge is -2.09. The highest BCUT2D eigenvalue weighted by molar-refractivity contribution is 5.95. The summed E-state index contributed by atoms with van der Waals surface area (Å²) in [6.45, 7) is -0.422. The van der Waals surface area contributed by atoms with Crippen LogP contribution in [0.25, 0.3) is 16.9 Å². The fraction of sp³-hybridized carbons (Fsp3) is 0.0909. The number of ether oxygens (including phenoxy) is 1. The number of benzene rings is 2. The maximum Gasteiger partial charge on any atom is 0.341 e. The van der Waals surface area contributed by atoms with Crippen molar-refractivity contribution in [3.05, 3.63) is 84.7 Å². The van der Waals surface area contributed by atoms with Gasteiger partial charge >= 0.3 is 5.97 Å². The Balaban J connectivity index is 1.53. The molecule has 4 rings (SSSR count). The van der Waals surface area contributed by atoms with E-state index in [1.165, 1.54) is 17.1 Å². The number of hydrogen-bond acceptors (Lipinski definition) is 5. The van der Waals surface area contributed by atoms with Crippen LogP contribution in [0, 0.1) is 0 Å². The molecule has 0 bridgehead atoms. The van der Waals surface area contributed by atoms with Crippen molar-refractivity contribution in [1.82, 2.24) is 19.6 Å². The highest BCUT2D eigenvalue weighted by Gasteiger charge is 2.16. The molecule has 2 aromatic carbocycles. The number of amides is 1. The molecule has 8 nitrogen and oxygen atoms in total. The highest BCUT2D eigenvalue weighted by Crippen LogP contribution is 2.24. The van der Waals surface area contributed by atoms with E-state index in [1.807, 2.05) is 60.7 Å². The van der Waals surface area contributed by atoms with E-state index in [2.05, 4.69) is 15.5 Å². The van der Waals surface area contributed by atoms with E-state index in [1.54, 1.807) is 17.8 Å². The first kappa shape index (κ1) is 19.1. The summed E-state index contributed by atoms with van der Waals surface area (Å²) in [5, 5.41) is 11.3. The van der Waals surface area contributed by atoms with Gasteiger partial charge in [-0.25, -0.2) is 9.48 Å². The minimum atomic E-state index is -0.611. The molecule has 0 aliphatic rings. The molecule has 0 radical (unpaired) electrons. The van der Waals surface area contributed by atoms with Gasteiger partial charge in [-0.1, -0.05) is 48.5 Å².